The van der Waals surface area contributed by atoms with Crippen LogP contribution in [0.15, 0.2) is 17.2 Å². The van der Waals surface area contributed by atoms with Gasteiger partial charge in [0, 0.05) is 30.5 Å². The molecule has 0 radical (unpaired) electrons. The van der Waals surface area contributed by atoms with E-state index in [4.69, 9.17) is 0 Å². The fourth-order valence-electron chi connectivity index (χ4n) is 2.79. The third kappa shape index (κ3) is 4.08. The molecule has 0 amide bonds. The van der Waals surface area contributed by atoms with E-state index in [-0.39, 0.29) is 11.5 Å². The lowest BCUT2D eigenvalue weighted by atomic mass is 9.88. The highest BCUT2D eigenvalue weighted by molar-refractivity contribution is 7.89. The summed E-state index contributed by atoms with van der Waals surface area (Å²) >= 11 is 0. The molecule has 0 aromatic carbocycles. The quantitative estimate of drug-likeness (QED) is 0.755. The second-order valence-corrected chi connectivity index (χ2v) is 8.66. The van der Waals surface area contributed by atoms with Crippen LogP contribution in [0.25, 0.3) is 0 Å². The Morgan fingerprint density at radius 2 is 2.14 bits per heavy atom. The van der Waals surface area contributed by atoms with Crippen molar-refractivity contribution >= 4 is 10.0 Å². The molecule has 1 heterocycles. The fraction of sp³-hybridized carbons (Fsp3) is 0.733. The van der Waals surface area contributed by atoms with Gasteiger partial charge < -0.3 is 10.3 Å². The summed E-state index contributed by atoms with van der Waals surface area (Å²) in [5.41, 5.74) is 0.917. The first-order valence-electron chi connectivity index (χ1n) is 7.64. The summed E-state index contributed by atoms with van der Waals surface area (Å²) in [5, 5.41) is 3.27. The Hall–Kier alpha value is -0.850. The maximum Gasteiger partial charge on any atom is 0.242 e. The van der Waals surface area contributed by atoms with E-state index in [9.17, 15) is 8.42 Å². The van der Waals surface area contributed by atoms with Crippen LogP contribution in [0.5, 0.6) is 0 Å². The Kier molecular flexibility index (Phi) is 4.80. The summed E-state index contributed by atoms with van der Waals surface area (Å²) in [6.07, 6.45) is 4.63. The molecular formula is C15H27N3O2S. The maximum atomic E-state index is 12.5. The summed E-state index contributed by atoms with van der Waals surface area (Å²) in [5.74, 6) is 0. The normalized spacial score (nSPS) is 22.0. The van der Waals surface area contributed by atoms with Gasteiger partial charge in [-0.1, -0.05) is 34.1 Å². The number of aromatic amines is 1. The molecule has 1 saturated carbocycles. The molecule has 120 valence electrons. The summed E-state index contributed by atoms with van der Waals surface area (Å²) in [6, 6.07) is 2.10. The molecule has 0 bridgehead atoms. The van der Waals surface area contributed by atoms with E-state index in [2.05, 4.69) is 42.7 Å². The van der Waals surface area contributed by atoms with Crippen LogP contribution < -0.4 is 10.0 Å². The predicted molar refractivity (Wildman–Crippen MR) is 84.5 cm³/mol. The first kappa shape index (κ1) is 16.5. The van der Waals surface area contributed by atoms with Gasteiger partial charge in [-0.2, -0.15) is 0 Å². The zero-order valence-corrected chi connectivity index (χ0v) is 14.2. The van der Waals surface area contributed by atoms with E-state index in [1.807, 2.05) is 0 Å². The van der Waals surface area contributed by atoms with E-state index in [0.29, 0.717) is 17.5 Å². The first-order chi connectivity index (χ1) is 9.71. The van der Waals surface area contributed by atoms with Crippen LogP contribution >= 0.6 is 0 Å². The summed E-state index contributed by atoms with van der Waals surface area (Å²) in [7, 11) is -3.44. The molecule has 6 heteroatoms. The molecule has 1 aromatic rings. The van der Waals surface area contributed by atoms with Gasteiger partial charge in [0.15, 0.2) is 0 Å². The predicted octanol–water partition coefficient (Wildman–Crippen LogP) is 2.37. The summed E-state index contributed by atoms with van der Waals surface area (Å²) in [6.45, 7) is 9.02. The number of rotatable bonds is 6. The van der Waals surface area contributed by atoms with E-state index in [0.717, 1.165) is 25.0 Å². The SMILES string of the molecule is CC(C)NCc1cc(S(=O)(=O)NC2CCCC2(C)C)c[nH]1. The molecule has 2 rings (SSSR count). The Bertz CT molecular complexity index is 575. The van der Waals surface area contributed by atoms with Crippen LogP contribution in [0, 0.1) is 5.41 Å². The van der Waals surface area contributed by atoms with E-state index in [1.165, 1.54) is 0 Å². The number of aromatic nitrogens is 1. The second kappa shape index (κ2) is 6.10. The van der Waals surface area contributed by atoms with Crippen LogP contribution in [-0.4, -0.2) is 25.5 Å². The van der Waals surface area contributed by atoms with Gasteiger partial charge in [-0.25, -0.2) is 13.1 Å². The molecule has 0 aliphatic heterocycles. The van der Waals surface area contributed by atoms with Crippen LogP contribution in [0.1, 0.15) is 52.7 Å². The van der Waals surface area contributed by atoms with Crippen molar-refractivity contribution in [2.75, 3.05) is 0 Å². The van der Waals surface area contributed by atoms with Gasteiger partial charge in [-0.15, -0.1) is 0 Å². The van der Waals surface area contributed by atoms with Crippen molar-refractivity contribution in [3.63, 3.8) is 0 Å². The van der Waals surface area contributed by atoms with Crippen LogP contribution in [0.2, 0.25) is 0 Å². The number of hydrogen-bond acceptors (Lipinski definition) is 3. The van der Waals surface area contributed by atoms with Crippen LogP contribution in [0.3, 0.4) is 0 Å². The minimum absolute atomic E-state index is 0.0228. The highest BCUT2D eigenvalue weighted by Gasteiger charge is 2.37. The van der Waals surface area contributed by atoms with Crippen molar-refractivity contribution in [2.24, 2.45) is 5.41 Å². The Labute approximate surface area is 128 Å². The lowest BCUT2D eigenvalue weighted by molar-refractivity contribution is 0.313. The lowest BCUT2D eigenvalue weighted by Crippen LogP contribution is -2.41. The molecule has 1 aliphatic rings. The zero-order valence-electron chi connectivity index (χ0n) is 13.4. The van der Waals surface area contributed by atoms with E-state index < -0.39 is 10.0 Å². The molecule has 21 heavy (non-hydrogen) atoms. The largest absolute Gasteiger partial charge is 0.363 e. The number of hydrogen-bond donors (Lipinski definition) is 3. The van der Waals surface area contributed by atoms with Crippen LogP contribution in [-0.2, 0) is 16.6 Å². The zero-order chi connectivity index (χ0) is 15.7. The molecule has 1 aromatic heterocycles. The fourth-order valence-corrected chi connectivity index (χ4v) is 4.25. The number of sulfonamides is 1. The summed E-state index contributed by atoms with van der Waals surface area (Å²) < 4.78 is 27.8. The van der Waals surface area contributed by atoms with Gasteiger partial charge in [0.25, 0.3) is 0 Å². The van der Waals surface area contributed by atoms with Gasteiger partial charge in [-0.05, 0) is 24.3 Å². The molecule has 1 atom stereocenters. The number of nitrogens with one attached hydrogen (secondary N) is 3. The summed E-state index contributed by atoms with van der Waals surface area (Å²) in [4.78, 5) is 3.36. The van der Waals surface area contributed by atoms with Gasteiger partial charge in [-0.3, -0.25) is 0 Å². The van der Waals surface area contributed by atoms with Gasteiger partial charge >= 0.3 is 0 Å². The highest BCUT2D eigenvalue weighted by Crippen LogP contribution is 2.37. The smallest absolute Gasteiger partial charge is 0.242 e. The average Bonchev–Trinajstić information content (AvgIpc) is 2.95. The topological polar surface area (TPSA) is 74.0 Å². The maximum absolute atomic E-state index is 12.5. The monoisotopic (exact) mass is 313 g/mol. The van der Waals surface area contributed by atoms with Crippen molar-refractivity contribution in [1.82, 2.24) is 15.0 Å². The highest BCUT2D eigenvalue weighted by atomic mass is 32.2. The third-order valence-electron chi connectivity index (χ3n) is 4.28. The number of H-pyrrole nitrogens is 1. The van der Waals surface area contributed by atoms with Crippen molar-refractivity contribution in [2.45, 2.75) is 70.5 Å². The molecule has 0 saturated heterocycles. The van der Waals surface area contributed by atoms with Gasteiger partial charge in [0.1, 0.15) is 0 Å². The van der Waals surface area contributed by atoms with Crippen molar-refractivity contribution in [3.05, 3.63) is 18.0 Å². The lowest BCUT2D eigenvalue weighted by Gasteiger charge is -2.27. The van der Waals surface area contributed by atoms with Crippen molar-refractivity contribution < 1.29 is 8.42 Å². The Balaban J connectivity index is 2.06. The van der Waals surface area contributed by atoms with Gasteiger partial charge in [0.2, 0.25) is 10.0 Å². The molecule has 3 N–H and O–H groups in total. The third-order valence-corrected chi connectivity index (χ3v) is 5.73. The van der Waals surface area contributed by atoms with Gasteiger partial charge in [0.05, 0.1) is 4.90 Å². The molecule has 1 unspecified atom stereocenters. The Morgan fingerprint density at radius 3 is 2.71 bits per heavy atom. The van der Waals surface area contributed by atoms with Crippen LogP contribution in [0.4, 0.5) is 0 Å². The molecule has 5 nitrogen and oxygen atoms in total. The second-order valence-electron chi connectivity index (χ2n) is 6.95. The van der Waals surface area contributed by atoms with Crippen molar-refractivity contribution in [1.29, 1.82) is 0 Å². The Morgan fingerprint density at radius 1 is 1.43 bits per heavy atom. The molecule has 1 aliphatic carbocycles. The molecule has 0 spiro atoms. The standard InChI is InChI=1S/C15H27N3O2S/c1-11(2)16-9-12-8-13(10-17-12)21(19,20)18-14-6-5-7-15(14,3)4/h8,10-11,14,16-18H,5-7,9H2,1-4H3. The van der Waals surface area contributed by atoms with E-state index in [1.54, 1.807) is 12.3 Å². The van der Waals surface area contributed by atoms with E-state index >= 15 is 0 Å². The molecule has 1 fully saturated rings. The molecular weight excluding hydrogens is 286 g/mol. The minimum Gasteiger partial charge on any atom is -0.363 e. The van der Waals surface area contributed by atoms with Crippen molar-refractivity contribution in [3.8, 4) is 0 Å². The first-order valence-corrected chi connectivity index (χ1v) is 9.12. The minimum atomic E-state index is -3.44. The average molecular weight is 313 g/mol.